The number of rotatable bonds is 18. The van der Waals surface area contributed by atoms with Crippen molar-refractivity contribution in [3.63, 3.8) is 0 Å². The molecule has 0 radical (unpaired) electrons. The predicted molar refractivity (Wildman–Crippen MR) is 254 cm³/mol. The van der Waals surface area contributed by atoms with Crippen molar-refractivity contribution in [2.24, 2.45) is 5.92 Å². The molecule has 6 N–H and O–H groups in total. The maximum absolute atomic E-state index is 15.0. The highest BCUT2D eigenvalue weighted by Crippen LogP contribution is 2.62. The van der Waals surface area contributed by atoms with Crippen LogP contribution in [0.25, 0.3) is 0 Å². The van der Waals surface area contributed by atoms with Gasteiger partial charge >= 0.3 is 0 Å². The summed E-state index contributed by atoms with van der Waals surface area (Å²) in [6.45, 7) is 3.40. The molecule has 2 saturated heterocycles. The number of hydrogen-bond donors (Lipinski definition) is 6. The molecule has 368 valence electrons. The molecule has 0 aromatic heterocycles. The Hall–Kier alpha value is -5.46. The molecule has 9 rings (SSSR count). The Bertz CT molecular complexity index is 2450. The van der Waals surface area contributed by atoms with Crippen molar-refractivity contribution in [3.8, 4) is 0 Å². The van der Waals surface area contributed by atoms with Crippen molar-refractivity contribution < 1.29 is 47.4 Å². The molecular formula is C51H61ClFN7O9. The minimum absolute atomic E-state index is 0.0403. The largest absolute Gasteiger partial charge is 0.382 e. The van der Waals surface area contributed by atoms with Crippen LogP contribution in [0.15, 0.2) is 60.7 Å². The Labute approximate surface area is 405 Å². The van der Waals surface area contributed by atoms with Gasteiger partial charge in [0.1, 0.15) is 17.3 Å². The number of imide groups is 1. The van der Waals surface area contributed by atoms with Crippen LogP contribution in [-0.4, -0.2) is 117 Å². The van der Waals surface area contributed by atoms with E-state index in [1.165, 1.54) is 17.0 Å². The van der Waals surface area contributed by atoms with E-state index in [0.29, 0.717) is 126 Å². The van der Waals surface area contributed by atoms with Crippen LogP contribution in [0.1, 0.15) is 104 Å². The zero-order chi connectivity index (χ0) is 48.1. The summed E-state index contributed by atoms with van der Waals surface area (Å²) < 4.78 is 32.0. The minimum Gasteiger partial charge on any atom is -0.382 e. The number of nitrogens with zero attached hydrogens (tertiary/aromatic N) is 1. The average molecular weight is 971 g/mol. The van der Waals surface area contributed by atoms with Gasteiger partial charge in [0, 0.05) is 77.0 Å². The van der Waals surface area contributed by atoms with E-state index in [9.17, 15) is 28.8 Å². The van der Waals surface area contributed by atoms with Crippen molar-refractivity contribution in [2.75, 3.05) is 63.4 Å². The highest BCUT2D eigenvalue weighted by atomic mass is 35.5. The van der Waals surface area contributed by atoms with E-state index in [2.05, 4.69) is 31.9 Å². The van der Waals surface area contributed by atoms with Gasteiger partial charge in [-0.2, -0.15) is 0 Å². The predicted octanol–water partition coefficient (Wildman–Crippen LogP) is 4.84. The summed E-state index contributed by atoms with van der Waals surface area (Å²) in [6, 6.07) is 15.5. The van der Waals surface area contributed by atoms with Crippen molar-refractivity contribution in [2.45, 2.75) is 112 Å². The number of carbonyl (C=O) groups excluding carboxylic acids is 6. The maximum Gasteiger partial charge on any atom is 0.255 e. The molecular weight excluding hydrogens is 909 g/mol. The molecule has 6 aliphatic rings. The van der Waals surface area contributed by atoms with Gasteiger partial charge in [0.25, 0.3) is 5.91 Å². The number of benzene rings is 3. The lowest BCUT2D eigenvalue weighted by molar-refractivity contribution is -0.137. The van der Waals surface area contributed by atoms with Gasteiger partial charge in [-0.3, -0.25) is 39.4 Å². The first kappa shape index (κ1) is 48.6. The van der Waals surface area contributed by atoms with Crippen LogP contribution in [0.2, 0.25) is 5.02 Å². The third-order valence-corrected chi connectivity index (χ3v) is 15.3. The minimum atomic E-state index is -1.17. The lowest BCUT2D eigenvalue weighted by atomic mass is 9.55. The van der Waals surface area contributed by atoms with Gasteiger partial charge in [-0.1, -0.05) is 55.1 Å². The average Bonchev–Trinajstić information content (AvgIpc) is 3.94. The van der Waals surface area contributed by atoms with Gasteiger partial charge in [-0.05, 0) is 92.5 Å². The normalized spacial score (nSPS) is 25.9. The second kappa shape index (κ2) is 21.3. The smallest absolute Gasteiger partial charge is 0.255 e. The zero-order valence-corrected chi connectivity index (χ0v) is 39.4. The van der Waals surface area contributed by atoms with E-state index in [1.807, 2.05) is 18.2 Å². The van der Waals surface area contributed by atoms with Crippen LogP contribution < -0.4 is 31.9 Å². The molecule has 3 aromatic rings. The molecule has 4 atom stereocenters. The molecule has 6 amide bonds. The van der Waals surface area contributed by atoms with Crippen molar-refractivity contribution >= 4 is 58.4 Å². The number of amides is 6. The first-order chi connectivity index (χ1) is 33.5. The quantitative estimate of drug-likeness (QED) is 0.0752. The summed E-state index contributed by atoms with van der Waals surface area (Å²) in [5, 5.41) is 19.3. The highest BCUT2D eigenvalue weighted by Gasteiger charge is 2.72. The molecule has 2 aliphatic carbocycles. The van der Waals surface area contributed by atoms with Crippen LogP contribution in [0.4, 0.5) is 15.8 Å². The summed E-state index contributed by atoms with van der Waals surface area (Å²) in [5.74, 6) is -2.76. The third-order valence-electron chi connectivity index (χ3n) is 15.1. The number of halogens is 2. The molecule has 4 aliphatic heterocycles. The summed E-state index contributed by atoms with van der Waals surface area (Å²) >= 11 is 6.41. The maximum atomic E-state index is 15.0. The first-order valence-electron chi connectivity index (χ1n) is 24.5. The molecule has 0 bridgehead atoms. The molecule has 1 unspecified atom stereocenters. The number of carbonyl (C=O) groups is 6. The van der Waals surface area contributed by atoms with Gasteiger partial charge in [-0.25, -0.2) is 4.39 Å². The fraction of sp³-hybridized carbons (Fsp3) is 0.529. The van der Waals surface area contributed by atoms with Crippen LogP contribution in [-0.2, 0) is 50.1 Å². The van der Waals surface area contributed by atoms with E-state index in [1.54, 1.807) is 30.3 Å². The first-order valence-corrected chi connectivity index (χ1v) is 24.8. The molecule has 2 spiro atoms. The van der Waals surface area contributed by atoms with E-state index in [-0.39, 0.29) is 47.9 Å². The molecule has 4 heterocycles. The zero-order valence-electron chi connectivity index (χ0n) is 38.7. The Morgan fingerprint density at radius 3 is 2.26 bits per heavy atom. The second-order valence-corrected chi connectivity index (χ2v) is 19.5. The van der Waals surface area contributed by atoms with Crippen LogP contribution in [0.5, 0.6) is 0 Å². The van der Waals surface area contributed by atoms with Crippen LogP contribution in [0, 0.1) is 11.7 Å². The van der Waals surface area contributed by atoms with Crippen molar-refractivity contribution in [1.82, 2.24) is 26.2 Å². The fourth-order valence-corrected chi connectivity index (χ4v) is 12.1. The monoisotopic (exact) mass is 969 g/mol. The number of hydrogen-bond acceptors (Lipinski definition) is 11. The van der Waals surface area contributed by atoms with Gasteiger partial charge < -0.3 is 40.4 Å². The van der Waals surface area contributed by atoms with E-state index >= 15 is 4.39 Å². The Kier molecular flexibility index (Phi) is 15.0. The van der Waals surface area contributed by atoms with Gasteiger partial charge in [0.05, 0.1) is 45.7 Å². The lowest BCUT2D eigenvalue weighted by Gasteiger charge is -2.47. The second-order valence-electron chi connectivity index (χ2n) is 19.1. The number of piperidine rings is 1. The summed E-state index contributed by atoms with van der Waals surface area (Å²) in [4.78, 5) is 80.9. The molecule has 69 heavy (non-hydrogen) atoms. The Morgan fingerprint density at radius 1 is 0.797 bits per heavy atom. The lowest BCUT2D eigenvalue weighted by Crippen LogP contribution is -2.60. The topological polar surface area (TPSA) is 206 Å². The summed E-state index contributed by atoms with van der Waals surface area (Å²) in [5.41, 5.74) is 2.25. The summed E-state index contributed by atoms with van der Waals surface area (Å²) in [6.07, 6.45) is 7.17. The molecule has 2 saturated carbocycles. The van der Waals surface area contributed by atoms with Crippen LogP contribution >= 0.6 is 11.6 Å². The SMILES string of the molecule is O=C1CCC(N2Cc3c(NCCOCCOCCOCCNC(=O)[C@H]4CC[C@H](NC(=O)[C@@H]5NC6(CCCCC6)[C@@]6(C(=O)Nc7cc(Cl)ccc76)[C@H]5c5cccc(F)c5)CC4)cccc3C2=O)C(=O)N1. The molecule has 4 fully saturated rings. The molecule has 18 heteroatoms. The Balaban J connectivity index is 0.666. The Morgan fingerprint density at radius 2 is 1.52 bits per heavy atom. The van der Waals surface area contributed by atoms with Gasteiger partial charge in [0.15, 0.2) is 0 Å². The highest BCUT2D eigenvalue weighted by molar-refractivity contribution is 6.31. The molecule has 16 nitrogen and oxygen atoms in total. The summed E-state index contributed by atoms with van der Waals surface area (Å²) in [7, 11) is 0. The van der Waals surface area contributed by atoms with E-state index in [4.69, 9.17) is 25.8 Å². The number of anilines is 2. The molecule has 3 aromatic carbocycles. The van der Waals surface area contributed by atoms with Crippen molar-refractivity contribution in [1.29, 1.82) is 0 Å². The number of nitrogens with one attached hydrogen (secondary N) is 6. The number of ether oxygens (including phenoxy) is 3. The van der Waals surface area contributed by atoms with Crippen molar-refractivity contribution in [3.05, 3.63) is 93.8 Å². The number of fused-ring (bicyclic) bond motifs is 4. The van der Waals surface area contributed by atoms with E-state index < -0.39 is 40.7 Å². The van der Waals surface area contributed by atoms with Gasteiger partial charge in [-0.15, -0.1) is 0 Å². The van der Waals surface area contributed by atoms with E-state index in [0.717, 1.165) is 36.1 Å². The van der Waals surface area contributed by atoms with Gasteiger partial charge in [0.2, 0.25) is 29.5 Å². The fourth-order valence-electron chi connectivity index (χ4n) is 11.9. The van der Waals surface area contributed by atoms with Crippen LogP contribution in [0.3, 0.4) is 0 Å². The standard InChI is InChI=1S/C51H61ClFN7O9/c52-33-12-15-38-40(29-33)57-49(66)51(38)43(32-6-4-7-34(53)28-32)44(59-50(51)18-2-1-3-19-50)47(64)56-35-13-10-31(11-14-35)45(62)55-21-23-68-25-27-69-26-24-67-22-20-54-39-9-5-8-36-37(39)30-60(48(36)65)41-16-17-42(61)58-46(41)63/h4-9,12,15,28-29,31,35,41,43-44,54,59H,1-3,10-11,13-14,16-27,30H2,(H,55,62)(H,56,64)(H,57,66)(H,58,61,63)/t31-,35-,41?,43-,44+,51+/m0/s1. The third kappa shape index (κ3) is 9.85.